The van der Waals surface area contributed by atoms with E-state index in [0.717, 1.165) is 0 Å². The molecule has 0 aliphatic heterocycles. The highest BCUT2D eigenvalue weighted by Gasteiger charge is 2.89. The fourth-order valence-electron chi connectivity index (χ4n) is 2.15. The van der Waals surface area contributed by atoms with Crippen LogP contribution in [0, 0.1) is 0 Å². The molecular weight excluding hydrogens is 658 g/mol. The summed E-state index contributed by atoms with van der Waals surface area (Å²) in [6.45, 7) is -2.13. The van der Waals surface area contributed by atoms with Gasteiger partial charge in [0.15, 0.2) is 0 Å². The monoisotopic (exact) mass is 666 g/mol. The lowest BCUT2D eigenvalue weighted by atomic mass is 9.97. The Kier molecular flexibility index (Phi) is 9.64. The maximum atomic E-state index is 13.6. The molecule has 1 atom stereocenters. The van der Waals surface area contributed by atoms with Gasteiger partial charge in [0.25, 0.3) is 11.8 Å². The van der Waals surface area contributed by atoms with Crippen molar-refractivity contribution in [3.05, 3.63) is 0 Å². The third kappa shape index (κ3) is 5.74. The average molecular weight is 666 g/mol. The summed E-state index contributed by atoms with van der Waals surface area (Å²) in [6, 6.07) is -2.76. The summed E-state index contributed by atoms with van der Waals surface area (Å²) < 4.78 is 283. The molecule has 244 valence electrons. The van der Waals surface area contributed by atoms with E-state index in [1.165, 1.54) is 0 Å². The molecule has 0 saturated carbocycles. The highest BCUT2D eigenvalue weighted by atomic mass is 19.4. The normalized spacial score (nSPS) is 16.4. The van der Waals surface area contributed by atoms with Gasteiger partial charge in [0.1, 0.15) is 0 Å². The number of carbonyl (C=O) groups excluding carboxylic acids is 2. The van der Waals surface area contributed by atoms with E-state index in [4.69, 9.17) is 0 Å². The molecule has 0 heterocycles. The number of carbonyl (C=O) groups is 2. The van der Waals surface area contributed by atoms with Crippen molar-refractivity contribution in [1.82, 2.24) is 10.6 Å². The van der Waals surface area contributed by atoms with Crippen LogP contribution in [0.5, 0.6) is 0 Å². The van der Waals surface area contributed by atoms with Crippen molar-refractivity contribution in [3.63, 3.8) is 0 Å². The topological polar surface area (TPSA) is 58.2 Å². The van der Waals surface area contributed by atoms with Gasteiger partial charge in [-0.05, 0) is 6.92 Å². The Morgan fingerprint density at radius 2 is 0.732 bits per heavy atom. The van der Waals surface area contributed by atoms with E-state index in [2.05, 4.69) is 0 Å². The highest BCUT2D eigenvalue weighted by Crippen LogP contribution is 2.58. The quantitative estimate of drug-likeness (QED) is 0.274. The predicted octanol–water partition coefficient (Wildman–Crippen LogP) is 5.81. The van der Waals surface area contributed by atoms with Gasteiger partial charge in [0, 0.05) is 12.6 Å². The van der Waals surface area contributed by atoms with E-state index in [9.17, 15) is 106 Å². The molecule has 2 amide bonds. The summed E-state index contributed by atoms with van der Waals surface area (Å²) in [5.41, 5.74) is 0. The van der Waals surface area contributed by atoms with Crippen molar-refractivity contribution < 1.29 is 106 Å². The number of amides is 2. The van der Waals surface area contributed by atoms with Gasteiger partial charge in [-0.2, -0.15) is 96.6 Å². The standard InChI is InChI=1S/C15H8F22N2O2/c1-3(39-5(41)7(18,19)9(22,23)11(26,27)13(30,31)15(35,36)37)2-38-4(40)6(16,17)8(20,21)10(24,25)12(28,29)14(32,33)34/h3H,2H2,1H3,(H,38,40)(H,39,41). The van der Waals surface area contributed by atoms with Crippen molar-refractivity contribution in [3.8, 4) is 0 Å². The summed E-state index contributed by atoms with van der Waals surface area (Å²) in [6.07, 6.45) is -15.3. The van der Waals surface area contributed by atoms with Crippen molar-refractivity contribution >= 4 is 11.8 Å². The minimum atomic E-state index is -8.09. The number of halogens is 22. The Labute approximate surface area is 209 Å². The molecule has 0 aliphatic carbocycles. The summed E-state index contributed by atoms with van der Waals surface area (Å²) in [5, 5.41) is 0.585. The minimum absolute atomic E-state index is 0.0392. The molecule has 0 radical (unpaired) electrons. The fraction of sp³-hybridized carbons (Fsp3) is 0.867. The molecule has 0 aromatic carbocycles. The van der Waals surface area contributed by atoms with Crippen LogP contribution in [0.1, 0.15) is 6.92 Å². The smallest absolute Gasteiger partial charge is 0.349 e. The number of alkyl halides is 22. The van der Waals surface area contributed by atoms with Crippen LogP contribution in [-0.2, 0) is 9.59 Å². The fourth-order valence-corrected chi connectivity index (χ4v) is 2.15. The van der Waals surface area contributed by atoms with Gasteiger partial charge in [-0.1, -0.05) is 0 Å². The van der Waals surface area contributed by atoms with E-state index < -0.39 is 84.1 Å². The molecule has 0 aromatic heterocycles. The van der Waals surface area contributed by atoms with Gasteiger partial charge in [-0.25, -0.2) is 0 Å². The van der Waals surface area contributed by atoms with Crippen LogP contribution in [0.2, 0.25) is 0 Å². The van der Waals surface area contributed by atoms with Gasteiger partial charge in [-0.15, -0.1) is 0 Å². The SMILES string of the molecule is CC(CNC(=O)C(F)(F)C(F)(F)C(F)(F)C(F)(F)C(F)(F)F)NC(=O)C(F)(F)C(F)(F)C(F)(F)C(F)(F)C(F)(F)F. The minimum Gasteiger partial charge on any atom is -0.349 e. The molecule has 26 heteroatoms. The Bertz CT molecular complexity index is 980. The van der Waals surface area contributed by atoms with E-state index in [-0.39, 0.29) is 12.2 Å². The molecule has 41 heavy (non-hydrogen) atoms. The molecule has 4 nitrogen and oxygen atoms in total. The summed E-state index contributed by atoms with van der Waals surface area (Å²) >= 11 is 0. The first-order valence-electron chi connectivity index (χ1n) is 9.19. The van der Waals surface area contributed by atoms with E-state index in [1.807, 2.05) is 0 Å². The number of nitrogens with one attached hydrogen (secondary N) is 2. The molecule has 0 rings (SSSR count). The first-order valence-corrected chi connectivity index (χ1v) is 9.19. The average Bonchev–Trinajstić information content (AvgIpc) is 2.74. The van der Waals surface area contributed by atoms with Gasteiger partial charge in [-0.3, -0.25) is 9.59 Å². The Morgan fingerprint density at radius 3 is 1.00 bits per heavy atom. The number of hydrogen-bond acceptors (Lipinski definition) is 2. The lowest BCUT2D eigenvalue weighted by Crippen LogP contribution is -2.70. The molecule has 2 N–H and O–H groups in total. The third-order valence-electron chi connectivity index (χ3n) is 4.59. The molecule has 0 fully saturated rings. The Balaban J connectivity index is 5.89. The first kappa shape index (κ1) is 38.4. The predicted molar refractivity (Wildman–Crippen MR) is 82.3 cm³/mol. The highest BCUT2D eigenvalue weighted by molar-refractivity contribution is 5.86. The molecule has 0 spiro atoms. The van der Waals surface area contributed by atoms with Gasteiger partial charge in [0.05, 0.1) is 0 Å². The van der Waals surface area contributed by atoms with Crippen LogP contribution in [0.3, 0.4) is 0 Å². The molecule has 0 aliphatic rings. The third-order valence-corrected chi connectivity index (χ3v) is 4.59. The lowest BCUT2D eigenvalue weighted by Gasteiger charge is -2.37. The zero-order chi connectivity index (χ0) is 33.9. The maximum absolute atomic E-state index is 13.6. The number of hydrogen-bond donors (Lipinski definition) is 2. The van der Waals surface area contributed by atoms with E-state index in [0.29, 0.717) is 5.32 Å². The van der Waals surface area contributed by atoms with Crippen LogP contribution in [0.25, 0.3) is 0 Å². The Hall–Kier alpha value is -2.60. The van der Waals surface area contributed by atoms with Crippen molar-refractivity contribution in [1.29, 1.82) is 0 Å². The van der Waals surface area contributed by atoms with Crippen LogP contribution in [0.15, 0.2) is 0 Å². The van der Waals surface area contributed by atoms with Gasteiger partial charge >= 0.3 is 59.7 Å². The molecule has 0 bridgehead atoms. The van der Waals surface area contributed by atoms with Crippen molar-refractivity contribution in [2.75, 3.05) is 6.54 Å². The first-order chi connectivity index (χ1) is 17.4. The zero-order valence-electron chi connectivity index (χ0n) is 18.4. The van der Waals surface area contributed by atoms with Crippen molar-refractivity contribution in [2.45, 2.75) is 72.7 Å². The Morgan fingerprint density at radius 1 is 0.463 bits per heavy atom. The van der Waals surface area contributed by atoms with E-state index in [1.54, 1.807) is 0 Å². The number of rotatable bonds is 11. The zero-order valence-corrected chi connectivity index (χ0v) is 18.4. The van der Waals surface area contributed by atoms with E-state index >= 15 is 0 Å². The second-order valence-electron chi connectivity index (χ2n) is 7.68. The molecule has 0 saturated heterocycles. The van der Waals surface area contributed by atoms with Gasteiger partial charge < -0.3 is 10.6 Å². The summed E-state index contributed by atoms with van der Waals surface area (Å²) in [5.74, 6) is -70.2. The summed E-state index contributed by atoms with van der Waals surface area (Å²) in [7, 11) is 0. The van der Waals surface area contributed by atoms with Crippen LogP contribution in [-0.4, -0.2) is 84.1 Å². The summed E-state index contributed by atoms with van der Waals surface area (Å²) in [4.78, 5) is 22.4. The molecular formula is C15H8F22N2O2. The second-order valence-corrected chi connectivity index (χ2v) is 7.68. The molecule has 1 unspecified atom stereocenters. The van der Waals surface area contributed by atoms with Crippen molar-refractivity contribution in [2.24, 2.45) is 0 Å². The molecule has 0 aromatic rings. The van der Waals surface area contributed by atoms with Gasteiger partial charge in [0.2, 0.25) is 0 Å². The lowest BCUT2D eigenvalue weighted by molar-refractivity contribution is -0.417. The van der Waals surface area contributed by atoms with Crippen LogP contribution >= 0.6 is 0 Å². The maximum Gasteiger partial charge on any atom is 0.460 e. The van der Waals surface area contributed by atoms with Crippen LogP contribution < -0.4 is 10.6 Å². The second kappa shape index (κ2) is 10.3. The largest absolute Gasteiger partial charge is 0.460 e. The van der Waals surface area contributed by atoms with Crippen LogP contribution in [0.4, 0.5) is 96.6 Å².